The average molecular weight is 473 g/mol. The zero-order valence-corrected chi connectivity index (χ0v) is 18.4. The van der Waals surface area contributed by atoms with Crippen molar-refractivity contribution in [3.05, 3.63) is 34.0 Å². The molecule has 2 aliphatic carbocycles. The molecule has 1 N–H and O–H groups in total. The molecule has 176 valence electrons. The molecule has 32 heavy (non-hydrogen) atoms. The molecule has 2 aromatic heterocycles. The van der Waals surface area contributed by atoms with Gasteiger partial charge in [-0.3, -0.25) is 9.58 Å². The van der Waals surface area contributed by atoms with E-state index >= 15 is 0 Å². The number of carbonyl (C=O) groups is 1. The summed E-state index contributed by atoms with van der Waals surface area (Å²) in [7, 11) is 0. The zero-order chi connectivity index (χ0) is 22.7. The van der Waals surface area contributed by atoms with Gasteiger partial charge in [0.05, 0.1) is 31.1 Å². The van der Waals surface area contributed by atoms with Gasteiger partial charge in [-0.15, -0.1) is 11.3 Å². The van der Waals surface area contributed by atoms with Gasteiger partial charge in [0.1, 0.15) is 5.01 Å². The van der Waals surface area contributed by atoms with Crippen LogP contribution in [0, 0.1) is 11.8 Å². The summed E-state index contributed by atoms with van der Waals surface area (Å²) >= 11 is 1.75. The topological polar surface area (TPSA) is 80.5 Å². The predicted octanol–water partition coefficient (Wildman–Crippen LogP) is 3.91. The summed E-state index contributed by atoms with van der Waals surface area (Å²) in [6.07, 6.45) is 5.43. The number of rotatable bonds is 8. The van der Waals surface area contributed by atoms with Crippen LogP contribution in [0.2, 0.25) is 0 Å². The van der Waals surface area contributed by atoms with E-state index in [9.17, 15) is 13.2 Å². The molecule has 2 saturated carbocycles. The van der Waals surface area contributed by atoms with Crippen LogP contribution in [0.5, 0.6) is 0 Å². The van der Waals surface area contributed by atoms with E-state index in [1.807, 2.05) is 6.20 Å². The molecule has 5 rings (SSSR count). The van der Waals surface area contributed by atoms with Gasteiger partial charge in [0.2, 0.25) is 0 Å². The van der Waals surface area contributed by atoms with Crippen LogP contribution in [0.4, 0.5) is 13.2 Å². The summed E-state index contributed by atoms with van der Waals surface area (Å²) < 4.78 is 40.2. The monoisotopic (exact) mass is 472 g/mol. The van der Waals surface area contributed by atoms with Crippen LogP contribution in [0.25, 0.3) is 0 Å². The third-order valence-electron chi connectivity index (χ3n) is 5.90. The highest BCUT2D eigenvalue weighted by atomic mass is 32.1. The van der Waals surface area contributed by atoms with Crippen LogP contribution in [-0.4, -0.2) is 56.7 Å². The smallest absolute Gasteiger partial charge is 0.475 e. The molecule has 3 aliphatic rings. The van der Waals surface area contributed by atoms with Gasteiger partial charge >= 0.3 is 12.1 Å². The maximum Gasteiger partial charge on any atom is 0.490 e. The minimum absolute atomic E-state index is 0.313. The number of ether oxygens (including phenoxy) is 1. The van der Waals surface area contributed by atoms with E-state index in [1.165, 1.54) is 41.9 Å². The maximum absolute atomic E-state index is 10.6. The normalized spacial score (nSPS) is 21.0. The zero-order valence-electron chi connectivity index (χ0n) is 17.6. The van der Waals surface area contributed by atoms with Crippen LogP contribution >= 0.6 is 11.3 Å². The largest absolute Gasteiger partial charge is 0.490 e. The molecule has 1 aliphatic heterocycles. The van der Waals surface area contributed by atoms with Crippen LogP contribution in [-0.2, 0) is 29.0 Å². The molecule has 1 unspecified atom stereocenters. The van der Waals surface area contributed by atoms with E-state index in [4.69, 9.17) is 19.7 Å². The molecule has 0 amide bonds. The SMILES string of the molecule is O=C(O)C(F)(F)F.c1csc(CN2CCc3cnn(CC4CC4)c3C2COCC2CC2)n1. The van der Waals surface area contributed by atoms with Gasteiger partial charge in [-0.2, -0.15) is 18.3 Å². The van der Waals surface area contributed by atoms with Gasteiger partial charge in [-0.1, -0.05) is 0 Å². The number of aliphatic carboxylic acids is 1. The van der Waals surface area contributed by atoms with E-state index in [0.29, 0.717) is 6.04 Å². The second kappa shape index (κ2) is 9.88. The Labute approximate surface area is 188 Å². The highest BCUT2D eigenvalue weighted by Crippen LogP contribution is 2.36. The second-order valence-corrected chi connectivity index (χ2v) is 9.61. The maximum atomic E-state index is 10.6. The fourth-order valence-electron chi connectivity index (χ4n) is 3.80. The summed E-state index contributed by atoms with van der Waals surface area (Å²) in [4.78, 5) is 16.0. The summed E-state index contributed by atoms with van der Waals surface area (Å²) in [6.45, 7) is 4.78. The highest BCUT2D eigenvalue weighted by Gasteiger charge is 2.38. The minimum Gasteiger partial charge on any atom is -0.475 e. The lowest BCUT2D eigenvalue weighted by atomic mass is 10.00. The molecule has 2 aromatic rings. The van der Waals surface area contributed by atoms with Crippen molar-refractivity contribution in [2.24, 2.45) is 11.8 Å². The Bertz CT molecular complexity index is 895. The predicted molar refractivity (Wildman–Crippen MR) is 111 cm³/mol. The van der Waals surface area contributed by atoms with Crippen molar-refractivity contribution < 1.29 is 27.8 Å². The van der Waals surface area contributed by atoms with Crippen molar-refractivity contribution in [1.82, 2.24) is 19.7 Å². The van der Waals surface area contributed by atoms with E-state index < -0.39 is 12.1 Å². The van der Waals surface area contributed by atoms with Gasteiger partial charge in [0.25, 0.3) is 0 Å². The Morgan fingerprint density at radius 1 is 1.22 bits per heavy atom. The van der Waals surface area contributed by atoms with Crippen molar-refractivity contribution in [3.63, 3.8) is 0 Å². The molecule has 3 heterocycles. The van der Waals surface area contributed by atoms with E-state index in [2.05, 4.69) is 26.1 Å². The molecule has 11 heteroatoms. The molecular formula is C21H27F3N4O3S. The Morgan fingerprint density at radius 3 is 2.53 bits per heavy atom. The summed E-state index contributed by atoms with van der Waals surface area (Å²) in [5.74, 6) is -1.11. The summed E-state index contributed by atoms with van der Waals surface area (Å²) in [5, 5.41) is 15.1. The lowest BCUT2D eigenvalue weighted by molar-refractivity contribution is -0.192. The third-order valence-corrected chi connectivity index (χ3v) is 6.67. The van der Waals surface area contributed by atoms with Crippen molar-refractivity contribution in [2.75, 3.05) is 19.8 Å². The number of aromatic nitrogens is 3. The van der Waals surface area contributed by atoms with Crippen LogP contribution in [0.15, 0.2) is 17.8 Å². The molecule has 1 atom stereocenters. The van der Waals surface area contributed by atoms with Crippen LogP contribution in [0.3, 0.4) is 0 Å². The quantitative estimate of drug-likeness (QED) is 0.628. The first kappa shape index (κ1) is 23.2. The molecule has 0 spiro atoms. The molecular weight excluding hydrogens is 445 g/mol. The molecule has 0 saturated heterocycles. The van der Waals surface area contributed by atoms with Gasteiger partial charge in [0, 0.05) is 31.3 Å². The molecule has 2 fully saturated rings. The fourth-order valence-corrected chi connectivity index (χ4v) is 4.45. The van der Waals surface area contributed by atoms with E-state index in [1.54, 1.807) is 11.3 Å². The Hall–Kier alpha value is -1.98. The number of nitrogens with zero attached hydrogens (tertiary/aromatic N) is 4. The lowest BCUT2D eigenvalue weighted by Gasteiger charge is -2.35. The number of hydrogen-bond acceptors (Lipinski definition) is 6. The van der Waals surface area contributed by atoms with E-state index in [0.717, 1.165) is 51.1 Å². The summed E-state index contributed by atoms with van der Waals surface area (Å²) in [6, 6.07) is 0.313. The van der Waals surface area contributed by atoms with Crippen LogP contribution in [0.1, 0.15) is 48.0 Å². The second-order valence-electron chi connectivity index (χ2n) is 8.63. The lowest BCUT2D eigenvalue weighted by Crippen LogP contribution is -2.38. The molecule has 7 nitrogen and oxygen atoms in total. The number of carboxylic acid groups (broad SMARTS) is 1. The van der Waals surface area contributed by atoms with Crippen molar-refractivity contribution in [1.29, 1.82) is 0 Å². The third kappa shape index (κ3) is 6.29. The van der Waals surface area contributed by atoms with Gasteiger partial charge in [-0.25, -0.2) is 9.78 Å². The molecule has 0 bridgehead atoms. The number of carboxylic acids is 1. The van der Waals surface area contributed by atoms with E-state index in [-0.39, 0.29) is 0 Å². The first-order valence-electron chi connectivity index (χ1n) is 10.9. The molecule has 0 aromatic carbocycles. The number of halogens is 3. The van der Waals surface area contributed by atoms with Gasteiger partial charge in [0.15, 0.2) is 0 Å². The average Bonchev–Trinajstić information content (AvgIpc) is 3.64. The first-order chi connectivity index (χ1) is 15.3. The van der Waals surface area contributed by atoms with Crippen molar-refractivity contribution in [2.45, 2.75) is 57.4 Å². The number of hydrogen-bond donors (Lipinski definition) is 1. The number of alkyl halides is 3. The minimum atomic E-state index is -5.08. The number of fused-ring (bicyclic) bond motifs is 1. The summed E-state index contributed by atoms with van der Waals surface area (Å²) in [5.41, 5.74) is 2.83. The highest BCUT2D eigenvalue weighted by molar-refractivity contribution is 7.09. The Morgan fingerprint density at radius 2 is 1.94 bits per heavy atom. The van der Waals surface area contributed by atoms with Crippen molar-refractivity contribution in [3.8, 4) is 0 Å². The fraction of sp³-hybridized carbons (Fsp3) is 0.667. The first-order valence-corrected chi connectivity index (χ1v) is 11.7. The van der Waals surface area contributed by atoms with Crippen LogP contribution < -0.4 is 0 Å². The number of thiazole rings is 1. The van der Waals surface area contributed by atoms with Gasteiger partial charge in [-0.05, 0) is 49.5 Å². The molecule has 0 radical (unpaired) electrons. The Kier molecular flexibility index (Phi) is 7.16. The van der Waals surface area contributed by atoms with Crippen molar-refractivity contribution >= 4 is 17.3 Å². The van der Waals surface area contributed by atoms with Gasteiger partial charge < -0.3 is 9.84 Å². The Balaban J connectivity index is 0.000000307. The standard InChI is InChI=1S/C19H26N4OS.C2HF3O2/c1-2-14(1)10-23-19-16(9-21-23)5-7-22(11-18-20-6-8-25-18)17(19)13-24-12-15-3-4-15;3-2(4,5)1(6)7/h6,8-9,14-15,17H,1-5,7,10-13H2;(H,6,7).